The third-order valence-electron chi connectivity index (χ3n) is 12.1. The van der Waals surface area contributed by atoms with Crippen LogP contribution in [0.15, 0.2) is 158 Å². The molecule has 6 N–H and O–H groups in total. The number of aromatic hydroxyl groups is 1. The van der Waals surface area contributed by atoms with Crippen LogP contribution in [0, 0.1) is 113 Å². The lowest BCUT2D eigenvalue weighted by molar-refractivity contribution is -0.385. The number of hydrogen-bond donors (Lipinski definition) is 4. The maximum absolute atomic E-state index is 13.7. The quantitative estimate of drug-likeness (QED) is 0.0179. The molecule has 0 radical (unpaired) electrons. The first-order valence-electron chi connectivity index (χ1n) is 27.3. The van der Waals surface area contributed by atoms with Gasteiger partial charge in [0.25, 0.3) is 11.4 Å². The number of nitrogens with two attached hydrogens (primary N) is 2. The molecule has 1 unspecified atom stereocenters. The van der Waals surface area contributed by atoms with Gasteiger partial charge in [-0.3, -0.25) is 35.8 Å². The van der Waals surface area contributed by atoms with Gasteiger partial charge in [0.2, 0.25) is 23.3 Å². The number of nitrogen functional groups attached to an aromatic ring is 2. The molecule has 10 rings (SSSR count). The minimum absolute atomic E-state index is 0.0227. The Morgan fingerprint density at radius 1 is 0.536 bits per heavy atom. The number of pyridine rings is 1. The smallest absolute Gasteiger partial charge is 0.410 e. The molecule has 1 aliphatic rings. The zero-order chi connectivity index (χ0) is 72.0. The summed E-state index contributed by atoms with van der Waals surface area (Å²) in [5, 5.41) is 28.8. The van der Waals surface area contributed by atoms with E-state index in [1.165, 1.54) is 53.4 Å². The number of Topliss-reactive ketones (excluding diaryl/α,β-unsaturated/α-hetero) is 1. The van der Waals surface area contributed by atoms with Crippen molar-refractivity contribution in [3.8, 4) is 40.2 Å². The Morgan fingerprint density at radius 3 is 1.29 bits per heavy atom. The number of ether oxygens (including phenoxy) is 4. The zero-order valence-corrected chi connectivity index (χ0v) is 50.1. The summed E-state index contributed by atoms with van der Waals surface area (Å²) in [5.41, 5.74) is 7.46. The predicted molar refractivity (Wildman–Crippen MR) is 317 cm³/mol. The Bertz CT molecular complexity index is 4160. The second kappa shape index (κ2) is 35.0. The highest BCUT2D eigenvalue weighted by molar-refractivity contribution is 5.98. The van der Waals surface area contributed by atoms with E-state index in [1.54, 1.807) is 32.9 Å². The minimum atomic E-state index is -1.43. The number of hydrazine groups is 1. The number of carbonyl (C=O) groups excluding carboxylic acids is 2. The van der Waals surface area contributed by atoms with Crippen LogP contribution in [-0.2, 0) is 4.74 Å². The molecule has 97 heavy (non-hydrogen) atoms. The lowest BCUT2D eigenvalue weighted by Crippen LogP contribution is -2.44. The molecule has 0 spiro atoms. The summed E-state index contributed by atoms with van der Waals surface area (Å²) in [5.74, 6) is -15.1. The molecule has 1 amide bonds. The fourth-order valence-corrected chi connectivity index (χ4v) is 7.63. The summed E-state index contributed by atoms with van der Waals surface area (Å²) in [6.07, 6.45) is 2.14. The molecule has 1 aromatic heterocycles. The Hall–Kier alpha value is -11.6. The number of nitro benzene ring substituents is 2. The molecule has 9 aromatic rings. The van der Waals surface area contributed by atoms with Gasteiger partial charge < -0.3 is 40.1 Å². The predicted octanol–water partition coefficient (Wildman–Crippen LogP) is 17.2. The second-order valence-corrected chi connectivity index (χ2v) is 20.5. The van der Waals surface area contributed by atoms with Crippen molar-refractivity contribution in [3.05, 3.63) is 271 Å². The summed E-state index contributed by atoms with van der Waals surface area (Å²) < 4.78 is 213. The van der Waals surface area contributed by atoms with Crippen LogP contribution >= 0.6 is 0 Å². The van der Waals surface area contributed by atoms with Crippen LogP contribution in [-0.4, -0.2) is 55.4 Å². The van der Waals surface area contributed by atoms with Gasteiger partial charge in [0.05, 0.1) is 27.8 Å². The van der Waals surface area contributed by atoms with Crippen molar-refractivity contribution in [2.45, 2.75) is 39.2 Å². The van der Waals surface area contributed by atoms with Gasteiger partial charge in [-0.15, -0.1) is 0 Å². The van der Waals surface area contributed by atoms with Crippen LogP contribution in [0.5, 0.6) is 40.2 Å². The number of nitrogens with one attached hydrogen (secondary N) is 1. The van der Waals surface area contributed by atoms with Crippen molar-refractivity contribution in [2.75, 3.05) is 24.2 Å². The molecule has 512 valence electrons. The fourth-order valence-electron chi connectivity index (χ4n) is 7.63. The highest BCUT2D eigenvalue weighted by Gasteiger charge is 2.34. The maximum atomic E-state index is 13.7. The number of likely N-dealkylation sites (tertiary alicyclic amines) is 1. The number of carbonyl (C=O) groups is 2. The van der Waals surface area contributed by atoms with Gasteiger partial charge in [-0.05, 0) is 106 Å². The number of phenolic OH excluding ortho intramolecular Hbond substituents is 1. The van der Waals surface area contributed by atoms with E-state index in [-0.39, 0.29) is 35.2 Å². The van der Waals surface area contributed by atoms with E-state index in [2.05, 4.69) is 10.4 Å². The molecular formula is C64H50F15N7O11. The molecule has 2 heterocycles. The number of piperidine rings is 1. The monoisotopic (exact) mass is 1380 g/mol. The normalized spacial score (nSPS) is 12.1. The van der Waals surface area contributed by atoms with Crippen molar-refractivity contribution < 1.29 is 109 Å². The third-order valence-corrected chi connectivity index (χ3v) is 12.1. The largest absolute Gasteiger partial charge is 0.505 e. The van der Waals surface area contributed by atoms with Crippen molar-refractivity contribution in [3.63, 3.8) is 0 Å². The second-order valence-electron chi connectivity index (χ2n) is 20.5. The van der Waals surface area contributed by atoms with Gasteiger partial charge in [-0.1, -0.05) is 0 Å². The van der Waals surface area contributed by atoms with Gasteiger partial charge in [-0.2, -0.15) is 17.6 Å². The summed E-state index contributed by atoms with van der Waals surface area (Å²) in [4.78, 5) is 48.5. The van der Waals surface area contributed by atoms with Crippen molar-refractivity contribution in [1.29, 1.82) is 0 Å². The Balaban J connectivity index is 0.000000215. The van der Waals surface area contributed by atoms with Gasteiger partial charge in [0, 0.05) is 103 Å². The molecule has 18 nitrogen and oxygen atoms in total. The molecule has 0 aliphatic carbocycles. The van der Waals surface area contributed by atoms with E-state index in [9.17, 15) is 95.7 Å². The molecule has 0 saturated carbocycles. The number of nitrogens with zero attached hydrogens (tertiary/aromatic N) is 4. The lowest BCUT2D eigenvalue weighted by atomic mass is 9.90. The number of halogens is 15. The van der Waals surface area contributed by atoms with Crippen molar-refractivity contribution in [1.82, 2.24) is 9.88 Å². The average molecular weight is 1380 g/mol. The molecule has 1 fully saturated rings. The highest BCUT2D eigenvalue weighted by Crippen LogP contribution is 2.32. The van der Waals surface area contributed by atoms with Crippen LogP contribution in [0.2, 0.25) is 0 Å². The standard InChI is InChI=1S/C16H20F2N2O3.C12H9F3N2O.C12H6F3NO3.C12H8F3NO.C6H3F3O.C6H4FNO2/c1-16(2,3)23-15(22)20-6-4-5-10(9-20)14(21)13-11(17)7-19-8-12(13)18;13-7-5-10(14)12(15)11(6-7)18-9-3-1-8(17-16)2-4-9;13-7-5-10(14)12(15)11(6-7)19-9-3-1-8(2-4-9)16(17)18;13-7-5-10(14)12(15)11(6-7)17-9-3-1-8(16)2-4-9;7-3-1-4(8)6(9)5(10)2-3;7-5-1-3-6(4-2-5)8(9)10/h7-8,10H,4-6,9H2,1-3H3;1-6,17H,16H2;1-6H;1-6H,16H2;1-2,10H;1-4H. The van der Waals surface area contributed by atoms with E-state index < -0.39 is 149 Å². The molecule has 1 saturated heterocycles. The molecule has 33 heteroatoms. The van der Waals surface area contributed by atoms with Gasteiger partial charge >= 0.3 is 6.09 Å². The number of ketones is 1. The number of phenols is 1. The van der Waals surface area contributed by atoms with E-state index in [0.29, 0.717) is 67.2 Å². The summed E-state index contributed by atoms with van der Waals surface area (Å²) in [7, 11) is 0. The summed E-state index contributed by atoms with van der Waals surface area (Å²) in [6.45, 7) is 5.80. The summed E-state index contributed by atoms with van der Waals surface area (Å²) >= 11 is 0. The number of hydrogen-bond acceptors (Lipinski definition) is 15. The molecule has 8 aromatic carbocycles. The first kappa shape index (κ1) is 76.1. The molecule has 0 bridgehead atoms. The molecule has 1 atom stereocenters. The first-order valence-corrected chi connectivity index (χ1v) is 27.3. The molecular weight excluding hydrogens is 1330 g/mol. The van der Waals surface area contributed by atoms with Gasteiger partial charge in [0.15, 0.2) is 63.7 Å². The average Bonchev–Trinajstić information content (AvgIpc) is 0.845. The van der Waals surface area contributed by atoms with Gasteiger partial charge in [-0.25, -0.2) is 53.1 Å². The first-order chi connectivity index (χ1) is 45.6. The van der Waals surface area contributed by atoms with Gasteiger partial charge in [0.1, 0.15) is 51.9 Å². The lowest BCUT2D eigenvalue weighted by Gasteiger charge is -2.33. The minimum Gasteiger partial charge on any atom is -0.505 e. The van der Waals surface area contributed by atoms with Crippen LogP contribution in [0.4, 0.5) is 93.4 Å². The highest BCUT2D eigenvalue weighted by atomic mass is 19.2. The Morgan fingerprint density at radius 2 is 0.907 bits per heavy atom. The SMILES string of the molecule is CC(C)(C)OC(=O)N1CCCC(C(=O)c2c(F)cncc2F)C1.NNc1ccc(Oc2cc(F)cc(F)c2F)cc1.Nc1ccc(Oc2cc(F)cc(F)c2F)cc1.O=[N+]([O-])c1ccc(F)cc1.O=[N+]([O-])c1ccc(Oc2cc(F)cc(F)c2F)cc1.Oc1cc(F)cc(F)c1F. The summed E-state index contributed by atoms with van der Waals surface area (Å²) in [6, 6.07) is 25.5. The number of amides is 1. The van der Waals surface area contributed by atoms with E-state index in [4.69, 9.17) is 35.6 Å². The fraction of sp³-hybridized carbons (Fsp3) is 0.141. The van der Waals surface area contributed by atoms with Crippen LogP contribution < -0.4 is 31.2 Å². The number of nitro groups is 2. The Kier molecular flexibility index (Phi) is 27.5. The van der Waals surface area contributed by atoms with Crippen LogP contribution in [0.3, 0.4) is 0 Å². The number of non-ortho nitro benzene ring substituents is 2. The van der Waals surface area contributed by atoms with Crippen LogP contribution in [0.1, 0.15) is 44.0 Å². The van der Waals surface area contributed by atoms with Crippen molar-refractivity contribution in [2.24, 2.45) is 11.8 Å². The maximum Gasteiger partial charge on any atom is 0.410 e. The molecule has 1 aliphatic heterocycles. The number of anilines is 2. The van der Waals surface area contributed by atoms with E-state index in [0.717, 1.165) is 60.9 Å². The topological polar surface area (TPSA) is 258 Å². The van der Waals surface area contributed by atoms with Crippen LogP contribution in [0.25, 0.3) is 0 Å². The van der Waals surface area contributed by atoms with E-state index in [1.807, 2.05) is 0 Å². The Labute approximate surface area is 538 Å². The number of rotatable bonds is 11. The zero-order valence-electron chi connectivity index (χ0n) is 50.1. The number of aromatic nitrogens is 1. The number of benzene rings is 8. The van der Waals surface area contributed by atoms with Crippen molar-refractivity contribution >= 4 is 34.6 Å². The third kappa shape index (κ3) is 23.7. The van der Waals surface area contributed by atoms with E-state index >= 15 is 0 Å².